The molecule has 1 aliphatic rings. The van der Waals surface area contributed by atoms with Gasteiger partial charge in [-0.15, -0.1) is 0 Å². The van der Waals surface area contributed by atoms with E-state index >= 15 is 0 Å². The van der Waals surface area contributed by atoms with Gasteiger partial charge in [0.05, 0.1) is 13.1 Å². The second kappa shape index (κ2) is 4.45. The molecular formula is C13H17FN2O3. The van der Waals surface area contributed by atoms with E-state index < -0.39 is 23.1 Å². The third kappa shape index (κ3) is 2.84. The zero-order valence-corrected chi connectivity index (χ0v) is 11.2. The number of ether oxygens (including phenoxy) is 1. The van der Waals surface area contributed by atoms with Crippen LogP contribution in [0, 0.1) is 5.82 Å². The van der Waals surface area contributed by atoms with Crippen molar-refractivity contribution in [2.75, 3.05) is 13.1 Å². The molecule has 0 atom stereocenters. The fraction of sp³-hybridized carbons (Fsp3) is 0.538. The highest BCUT2D eigenvalue weighted by Gasteiger charge is 2.48. The molecule has 1 N–H and O–H groups in total. The van der Waals surface area contributed by atoms with Gasteiger partial charge in [0.2, 0.25) is 0 Å². The van der Waals surface area contributed by atoms with Crippen molar-refractivity contribution in [2.24, 2.45) is 0 Å². The maximum Gasteiger partial charge on any atom is 0.410 e. The zero-order chi connectivity index (χ0) is 14.3. The molecule has 0 aromatic carbocycles. The van der Waals surface area contributed by atoms with Crippen LogP contribution in [0.4, 0.5) is 9.18 Å². The van der Waals surface area contributed by atoms with E-state index in [0.717, 1.165) is 0 Å². The Kier molecular flexibility index (Phi) is 3.22. The number of pyridine rings is 1. The number of aromatic nitrogens is 1. The minimum Gasteiger partial charge on any atom is -0.444 e. The highest BCUT2D eigenvalue weighted by atomic mass is 19.1. The quantitative estimate of drug-likeness (QED) is 0.841. The van der Waals surface area contributed by atoms with Gasteiger partial charge in [-0.05, 0) is 32.9 Å². The normalized spacial score (nSPS) is 17.8. The summed E-state index contributed by atoms with van der Waals surface area (Å²) in [4.78, 5) is 16.9. The molecule has 0 spiro atoms. The molecule has 1 saturated heterocycles. The van der Waals surface area contributed by atoms with Crippen molar-refractivity contribution in [2.45, 2.75) is 32.0 Å². The maximum atomic E-state index is 13.5. The van der Waals surface area contributed by atoms with Crippen LogP contribution in [-0.2, 0) is 10.3 Å². The van der Waals surface area contributed by atoms with Gasteiger partial charge < -0.3 is 14.7 Å². The van der Waals surface area contributed by atoms with Gasteiger partial charge in [-0.3, -0.25) is 4.98 Å². The lowest BCUT2D eigenvalue weighted by atomic mass is 9.90. The molecule has 0 aliphatic carbocycles. The molecule has 2 heterocycles. The van der Waals surface area contributed by atoms with Crippen molar-refractivity contribution >= 4 is 6.09 Å². The van der Waals surface area contributed by atoms with Crippen molar-refractivity contribution in [3.8, 4) is 0 Å². The van der Waals surface area contributed by atoms with Gasteiger partial charge in [-0.1, -0.05) is 0 Å². The third-order valence-electron chi connectivity index (χ3n) is 2.76. The maximum absolute atomic E-state index is 13.5. The van der Waals surface area contributed by atoms with Crippen molar-refractivity contribution in [1.82, 2.24) is 9.88 Å². The highest BCUT2D eigenvalue weighted by Crippen LogP contribution is 2.32. The van der Waals surface area contributed by atoms with E-state index in [2.05, 4.69) is 4.98 Å². The summed E-state index contributed by atoms with van der Waals surface area (Å²) in [5, 5.41) is 10.2. The Morgan fingerprint density at radius 2 is 2.16 bits per heavy atom. The minimum absolute atomic E-state index is 0.0180. The number of halogens is 1. The number of nitrogens with zero attached hydrogens (tertiary/aromatic N) is 2. The molecule has 1 fully saturated rings. The van der Waals surface area contributed by atoms with E-state index in [1.54, 1.807) is 20.8 Å². The summed E-state index contributed by atoms with van der Waals surface area (Å²) in [6.45, 7) is 5.24. The standard InChI is InChI=1S/C13H17FN2O3/c1-12(2,3)19-11(17)16-7-13(18,8-16)10-9(14)5-4-6-15-10/h4-6,18H,7-8H2,1-3H3. The van der Waals surface area contributed by atoms with Crippen LogP contribution in [-0.4, -0.2) is 39.8 Å². The molecule has 0 saturated carbocycles. The summed E-state index contributed by atoms with van der Waals surface area (Å²) in [5.41, 5.74) is -2.06. The van der Waals surface area contributed by atoms with Crippen molar-refractivity contribution < 1.29 is 19.0 Å². The summed E-state index contributed by atoms with van der Waals surface area (Å²) in [6.07, 6.45) is 0.889. The number of carbonyl (C=O) groups is 1. The number of amides is 1. The Bertz CT molecular complexity index is 493. The molecule has 19 heavy (non-hydrogen) atoms. The van der Waals surface area contributed by atoms with Gasteiger partial charge in [-0.2, -0.15) is 0 Å². The van der Waals surface area contributed by atoms with Crippen molar-refractivity contribution in [3.63, 3.8) is 0 Å². The molecule has 2 rings (SSSR count). The van der Waals surface area contributed by atoms with Crippen molar-refractivity contribution in [1.29, 1.82) is 0 Å². The number of aliphatic hydroxyl groups is 1. The van der Waals surface area contributed by atoms with E-state index in [9.17, 15) is 14.3 Å². The molecule has 1 aliphatic heterocycles. The minimum atomic E-state index is -1.43. The van der Waals surface area contributed by atoms with Crippen molar-refractivity contribution in [3.05, 3.63) is 29.8 Å². The summed E-state index contributed by atoms with van der Waals surface area (Å²) >= 11 is 0. The van der Waals surface area contributed by atoms with E-state index in [1.165, 1.54) is 23.2 Å². The number of carbonyl (C=O) groups excluding carboxylic acids is 1. The van der Waals surface area contributed by atoms with Crippen LogP contribution < -0.4 is 0 Å². The lowest BCUT2D eigenvalue weighted by molar-refractivity contribution is -0.108. The Labute approximate surface area is 111 Å². The molecule has 5 nitrogen and oxygen atoms in total. The Balaban J connectivity index is 2.02. The second-order valence-corrected chi connectivity index (χ2v) is 5.70. The van der Waals surface area contributed by atoms with E-state index in [4.69, 9.17) is 4.74 Å². The smallest absolute Gasteiger partial charge is 0.410 e. The van der Waals surface area contributed by atoms with Crippen LogP contribution in [0.5, 0.6) is 0 Å². The first-order valence-electron chi connectivity index (χ1n) is 6.03. The molecular weight excluding hydrogens is 251 g/mol. The zero-order valence-electron chi connectivity index (χ0n) is 11.2. The second-order valence-electron chi connectivity index (χ2n) is 5.70. The van der Waals surface area contributed by atoms with Gasteiger partial charge in [-0.25, -0.2) is 9.18 Å². The van der Waals surface area contributed by atoms with Crippen LogP contribution in [0.1, 0.15) is 26.5 Å². The summed E-state index contributed by atoms with van der Waals surface area (Å²) in [6, 6.07) is 2.68. The predicted molar refractivity (Wildman–Crippen MR) is 65.9 cm³/mol. The molecule has 0 unspecified atom stereocenters. The average molecular weight is 268 g/mol. The topological polar surface area (TPSA) is 62.7 Å². The van der Waals surface area contributed by atoms with Gasteiger partial charge in [0.25, 0.3) is 0 Å². The first kappa shape index (κ1) is 13.7. The van der Waals surface area contributed by atoms with Gasteiger partial charge in [0.1, 0.15) is 22.7 Å². The van der Waals surface area contributed by atoms with Crippen LogP contribution in [0.2, 0.25) is 0 Å². The average Bonchev–Trinajstić information content (AvgIpc) is 2.23. The molecule has 104 valence electrons. The number of rotatable bonds is 1. The summed E-state index contributed by atoms with van der Waals surface area (Å²) < 4.78 is 18.7. The van der Waals surface area contributed by atoms with Gasteiger partial charge in [0, 0.05) is 6.20 Å². The Morgan fingerprint density at radius 3 is 2.68 bits per heavy atom. The number of hydrogen-bond acceptors (Lipinski definition) is 4. The van der Waals surface area contributed by atoms with E-state index in [1.807, 2.05) is 0 Å². The van der Waals surface area contributed by atoms with E-state index in [0.29, 0.717) is 0 Å². The van der Waals surface area contributed by atoms with Gasteiger partial charge in [0.15, 0.2) is 0 Å². The fourth-order valence-electron chi connectivity index (χ4n) is 1.92. The van der Waals surface area contributed by atoms with Crippen LogP contribution in [0.3, 0.4) is 0 Å². The monoisotopic (exact) mass is 268 g/mol. The highest BCUT2D eigenvalue weighted by molar-refractivity contribution is 5.69. The lowest BCUT2D eigenvalue weighted by Gasteiger charge is -2.45. The fourth-order valence-corrected chi connectivity index (χ4v) is 1.92. The largest absolute Gasteiger partial charge is 0.444 e. The Hall–Kier alpha value is -1.69. The number of hydrogen-bond donors (Lipinski definition) is 1. The summed E-state index contributed by atoms with van der Waals surface area (Å²) in [7, 11) is 0. The molecule has 0 radical (unpaired) electrons. The Morgan fingerprint density at radius 1 is 1.53 bits per heavy atom. The first-order chi connectivity index (χ1) is 8.71. The van der Waals surface area contributed by atoms with Crippen LogP contribution in [0.25, 0.3) is 0 Å². The first-order valence-corrected chi connectivity index (χ1v) is 6.03. The number of likely N-dealkylation sites (tertiary alicyclic amines) is 1. The van der Waals surface area contributed by atoms with Gasteiger partial charge >= 0.3 is 6.09 Å². The summed E-state index contributed by atoms with van der Waals surface area (Å²) in [5.74, 6) is -0.575. The van der Waals surface area contributed by atoms with E-state index in [-0.39, 0.29) is 18.8 Å². The molecule has 6 heteroatoms. The number of β-amino-alcohol motifs (C(OH)–C–C–N with tert-alkyl or cyclic N) is 1. The SMILES string of the molecule is CC(C)(C)OC(=O)N1CC(O)(c2ncccc2F)C1. The van der Waals surface area contributed by atoms with Crippen LogP contribution >= 0.6 is 0 Å². The molecule has 0 bridgehead atoms. The van der Waals surface area contributed by atoms with Crippen LogP contribution in [0.15, 0.2) is 18.3 Å². The predicted octanol–water partition coefficient (Wildman–Crippen LogP) is 1.66. The lowest BCUT2D eigenvalue weighted by Crippen LogP contribution is -2.62. The molecule has 1 aromatic heterocycles. The molecule has 1 aromatic rings. The molecule has 1 amide bonds. The third-order valence-corrected chi connectivity index (χ3v) is 2.76.